The monoisotopic (exact) mass is 306 g/mol. The number of hydrogen-bond acceptors (Lipinski definition) is 4. The molecule has 5 nitrogen and oxygen atoms in total. The van der Waals surface area contributed by atoms with E-state index in [0.29, 0.717) is 29.3 Å². The van der Waals surface area contributed by atoms with Gasteiger partial charge in [-0.2, -0.15) is 0 Å². The predicted molar refractivity (Wildman–Crippen MR) is 83.3 cm³/mol. The summed E-state index contributed by atoms with van der Waals surface area (Å²) in [5.41, 5.74) is 1.57. The number of hydrogen-bond donors (Lipinski definition) is 1. The third kappa shape index (κ3) is 3.86. The molecule has 1 N–H and O–H groups in total. The van der Waals surface area contributed by atoms with Crippen molar-refractivity contribution < 1.29 is 9.66 Å². The van der Waals surface area contributed by atoms with Crippen LogP contribution in [-0.4, -0.2) is 18.6 Å². The van der Waals surface area contributed by atoms with E-state index in [1.807, 2.05) is 0 Å². The Morgan fingerprint density at radius 1 is 1.29 bits per heavy atom. The summed E-state index contributed by atoms with van der Waals surface area (Å²) < 4.78 is 5.14. The van der Waals surface area contributed by atoms with Gasteiger partial charge in [-0.05, 0) is 18.6 Å². The molecule has 0 heterocycles. The molecule has 6 heteroatoms. The molecule has 0 radical (unpaired) electrons. The lowest BCUT2D eigenvalue weighted by atomic mass is 10.1. The van der Waals surface area contributed by atoms with Crippen LogP contribution in [0.3, 0.4) is 0 Å². The molecule has 2 aromatic rings. The van der Waals surface area contributed by atoms with Crippen LogP contribution in [0.4, 0.5) is 11.4 Å². The fourth-order valence-electron chi connectivity index (χ4n) is 2.00. The molecule has 21 heavy (non-hydrogen) atoms. The van der Waals surface area contributed by atoms with Gasteiger partial charge < -0.3 is 10.1 Å². The molecule has 0 unspecified atom stereocenters. The molecule has 0 spiro atoms. The first kappa shape index (κ1) is 15.1. The number of para-hydroxylation sites is 1. The standard InChI is InChI=1S/C15H15ClN2O3/c1-21-12-6-7-13(16)14(10-12)17-9-8-11-4-2-3-5-15(11)18(19)20/h2-7,10,17H,8-9H2,1H3. The van der Waals surface area contributed by atoms with Crippen molar-refractivity contribution in [1.29, 1.82) is 0 Å². The van der Waals surface area contributed by atoms with Crippen LogP contribution in [0.25, 0.3) is 0 Å². The number of nitro benzene ring substituents is 1. The SMILES string of the molecule is COc1ccc(Cl)c(NCCc2ccccc2[N+](=O)[O-])c1. The smallest absolute Gasteiger partial charge is 0.272 e. The van der Waals surface area contributed by atoms with Crippen LogP contribution < -0.4 is 10.1 Å². The molecular weight excluding hydrogens is 292 g/mol. The third-order valence-corrected chi connectivity index (χ3v) is 3.40. The molecule has 0 saturated carbocycles. The minimum absolute atomic E-state index is 0.135. The zero-order valence-corrected chi connectivity index (χ0v) is 12.3. The van der Waals surface area contributed by atoms with E-state index in [4.69, 9.17) is 16.3 Å². The van der Waals surface area contributed by atoms with Crippen LogP contribution >= 0.6 is 11.6 Å². The normalized spacial score (nSPS) is 10.2. The van der Waals surface area contributed by atoms with Gasteiger partial charge in [-0.25, -0.2) is 0 Å². The number of nitrogens with zero attached hydrogens (tertiary/aromatic N) is 1. The maximum atomic E-state index is 10.9. The summed E-state index contributed by atoms with van der Waals surface area (Å²) in [5.74, 6) is 0.701. The largest absolute Gasteiger partial charge is 0.497 e. The number of methoxy groups -OCH3 is 1. The molecule has 0 amide bonds. The first-order valence-electron chi connectivity index (χ1n) is 6.41. The zero-order chi connectivity index (χ0) is 15.2. The summed E-state index contributed by atoms with van der Waals surface area (Å²) in [4.78, 5) is 10.6. The van der Waals surface area contributed by atoms with Crippen molar-refractivity contribution in [2.24, 2.45) is 0 Å². The highest BCUT2D eigenvalue weighted by Crippen LogP contribution is 2.27. The van der Waals surface area contributed by atoms with Gasteiger partial charge in [0.1, 0.15) is 5.75 Å². The minimum atomic E-state index is -0.367. The second-order valence-corrected chi connectivity index (χ2v) is 4.82. The maximum absolute atomic E-state index is 10.9. The average Bonchev–Trinajstić information content (AvgIpc) is 2.49. The Balaban J connectivity index is 2.03. The van der Waals surface area contributed by atoms with Gasteiger partial charge in [0.15, 0.2) is 0 Å². The van der Waals surface area contributed by atoms with E-state index in [0.717, 1.165) is 5.69 Å². The average molecular weight is 307 g/mol. The molecule has 0 fully saturated rings. The van der Waals surface area contributed by atoms with Gasteiger partial charge in [-0.1, -0.05) is 29.8 Å². The lowest BCUT2D eigenvalue weighted by molar-refractivity contribution is -0.385. The number of anilines is 1. The predicted octanol–water partition coefficient (Wildman–Crippen LogP) is 3.91. The van der Waals surface area contributed by atoms with Crippen LogP contribution in [0, 0.1) is 10.1 Å². The third-order valence-electron chi connectivity index (χ3n) is 3.07. The Kier molecular flexibility index (Phi) is 5.00. The summed E-state index contributed by atoms with van der Waals surface area (Å²) in [5, 5.41) is 14.7. The van der Waals surface area contributed by atoms with Crippen LogP contribution in [0.1, 0.15) is 5.56 Å². The number of nitro groups is 1. The first-order valence-corrected chi connectivity index (χ1v) is 6.79. The van der Waals surface area contributed by atoms with Gasteiger partial charge in [0.25, 0.3) is 5.69 Å². The summed E-state index contributed by atoms with van der Waals surface area (Å²) >= 11 is 6.09. The summed E-state index contributed by atoms with van der Waals surface area (Å²) in [6, 6.07) is 12.0. The van der Waals surface area contributed by atoms with Crippen LogP contribution in [0.5, 0.6) is 5.75 Å². The highest BCUT2D eigenvalue weighted by molar-refractivity contribution is 6.33. The Morgan fingerprint density at radius 2 is 2.05 bits per heavy atom. The summed E-state index contributed by atoms with van der Waals surface area (Å²) in [7, 11) is 1.58. The Hall–Kier alpha value is -2.27. The number of ether oxygens (including phenoxy) is 1. The van der Waals surface area contributed by atoms with Gasteiger partial charge in [-0.15, -0.1) is 0 Å². The van der Waals surface area contributed by atoms with Gasteiger partial charge in [0.05, 0.1) is 22.7 Å². The van der Waals surface area contributed by atoms with Crippen molar-refractivity contribution in [2.75, 3.05) is 19.0 Å². The van der Waals surface area contributed by atoms with E-state index in [2.05, 4.69) is 5.32 Å². The molecular formula is C15H15ClN2O3. The number of halogens is 1. The first-order chi connectivity index (χ1) is 10.1. The molecule has 0 aliphatic heterocycles. The van der Waals surface area contributed by atoms with Gasteiger partial charge >= 0.3 is 0 Å². The molecule has 110 valence electrons. The fourth-order valence-corrected chi connectivity index (χ4v) is 2.18. The van der Waals surface area contributed by atoms with Crippen molar-refractivity contribution in [3.05, 3.63) is 63.2 Å². The Labute approximate surface area is 127 Å². The van der Waals surface area contributed by atoms with Gasteiger partial charge in [-0.3, -0.25) is 10.1 Å². The van der Waals surface area contributed by atoms with E-state index in [-0.39, 0.29) is 10.6 Å². The second kappa shape index (κ2) is 6.95. The molecule has 0 aromatic heterocycles. The molecule has 2 rings (SSSR count). The van der Waals surface area contributed by atoms with E-state index in [1.54, 1.807) is 43.5 Å². The van der Waals surface area contributed by atoms with E-state index in [9.17, 15) is 10.1 Å². The quantitative estimate of drug-likeness (QED) is 0.649. The van der Waals surface area contributed by atoms with Crippen LogP contribution in [0.2, 0.25) is 5.02 Å². The van der Waals surface area contributed by atoms with Crippen molar-refractivity contribution in [3.8, 4) is 5.75 Å². The zero-order valence-electron chi connectivity index (χ0n) is 11.5. The highest BCUT2D eigenvalue weighted by Gasteiger charge is 2.11. The van der Waals surface area contributed by atoms with Crippen molar-refractivity contribution >= 4 is 23.0 Å². The second-order valence-electron chi connectivity index (χ2n) is 4.41. The van der Waals surface area contributed by atoms with Crippen LogP contribution in [0.15, 0.2) is 42.5 Å². The van der Waals surface area contributed by atoms with Gasteiger partial charge in [0.2, 0.25) is 0 Å². The molecule has 0 aliphatic rings. The van der Waals surface area contributed by atoms with Gasteiger partial charge in [0, 0.05) is 24.2 Å². The highest BCUT2D eigenvalue weighted by atomic mass is 35.5. The lowest BCUT2D eigenvalue weighted by Crippen LogP contribution is -2.07. The van der Waals surface area contributed by atoms with Crippen molar-refractivity contribution in [3.63, 3.8) is 0 Å². The number of nitrogens with one attached hydrogen (secondary N) is 1. The number of rotatable bonds is 6. The number of benzene rings is 2. The minimum Gasteiger partial charge on any atom is -0.497 e. The van der Waals surface area contributed by atoms with Crippen molar-refractivity contribution in [2.45, 2.75) is 6.42 Å². The molecule has 0 atom stereocenters. The fraction of sp³-hybridized carbons (Fsp3) is 0.200. The topological polar surface area (TPSA) is 64.4 Å². The Bertz CT molecular complexity index is 647. The molecule has 0 saturated heterocycles. The van der Waals surface area contributed by atoms with Crippen LogP contribution in [-0.2, 0) is 6.42 Å². The maximum Gasteiger partial charge on any atom is 0.272 e. The van der Waals surface area contributed by atoms with E-state index in [1.165, 1.54) is 6.07 Å². The summed E-state index contributed by atoms with van der Waals surface area (Å²) in [6.45, 7) is 0.539. The van der Waals surface area contributed by atoms with E-state index >= 15 is 0 Å². The molecule has 0 aliphatic carbocycles. The Morgan fingerprint density at radius 3 is 2.76 bits per heavy atom. The molecule has 0 bridgehead atoms. The molecule has 2 aromatic carbocycles. The van der Waals surface area contributed by atoms with E-state index < -0.39 is 0 Å². The summed E-state index contributed by atoms with van der Waals surface area (Å²) in [6.07, 6.45) is 0.532. The van der Waals surface area contributed by atoms with Crippen molar-refractivity contribution in [1.82, 2.24) is 0 Å². The lowest BCUT2D eigenvalue weighted by Gasteiger charge is -2.10.